The molecule has 1 amide bonds. The van der Waals surface area contributed by atoms with E-state index >= 15 is 0 Å². The molecule has 3 rings (SSSR count). The number of fused-ring (bicyclic) bond motifs is 1. The molecule has 1 atom stereocenters. The first kappa shape index (κ1) is 16.7. The molecule has 130 valence electrons. The number of nitrogens with one attached hydrogen (secondary N) is 1. The third-order valence-electron chi connectivity index (χ3n) is 4.03. The lowest BCUT2D eigenvalue weighted by Crippen LogP contribution is -2.35. The molecule has 0 spiro atoms. The Kier molecular flexibility index (Phi) is 4.45. The van der Waals surface area contributed by atoms with Crippen molar-refractivity contribution in [3.8, 4) is 11.5 Å². The van der Waals surface area contributed by atoms with E-state index in [4.69, 9.17) is 0 Å². The molecule has 1 N–H and O–H groups in total. The van der Waals surface area contributed by atoms with Gasteiger partial charge in [0, 0.05) is 24.7 Å². The summed E-state index contributed by atoms with van der Waals surface area (Å²) in [6.07, 6.45) is 0.317. The third-order valence-corrected chi connectivity index (χ3v) is 4.03. The third kappa shape index (κ3) is 3.84. The second kappa shape index (κ2) is 6.39. The van der Waals surface area contributed by atoms with Gasteiger partial charge in [0.25, 0.3) is 5.91 Å². The average Bonchev–Trinajstić information content (AvgIpc) is 2.79. The van der Waals surface area contributed by atoms with E-state index in [0.717, 1.165) is 25.9 Å². The molecule has 5 nitrogen and oxygen atoms in total. The van der Waals surface area contributed by atoms with Crippen molar-refractivity contribution >= 4 is 5.91 Å². The van der Waals surface area contributed by atoms with E-state index < -0.39 is 6.29 Å². The van der Waals surface area contributed by atoms with Crippen molar-refractivity contribution in [2.75, 3.05) is 20.1 Å². The van der Waals surface area contributed by atoms with Crippen LogP contribution in [0.4, 0.5) is 8.78 Å². The van der Waals surface area contributed by atoms with Crippen molar-refractivity contribution in [3.05, 3.63) is 35.4 Å². The standard InChI is InChI=1S/C17H20F2N2O3/c1-11(8-12-4-3-7-21(2)10-12)20-16(22)13-5-6-14-15(9-13)24-17(18,19)23-14/h4-6,9,11H,3,7-8,10H2,1-2H3,(H,20,22). The summed E-state index contributed by atoms with van der Waals surface area (Å²) >= 11 is 0. The van der Waals surface area contributed by atoms with Crippen molar-refractivity contribution in [3.63, 3.8) is 0 Å². The van der Waals surface area contributed by atoms with Crippen LogP contribution in [0.3, 0.4) is 0 Å². The summed E-state index contributed by atoms with van der Waals surface area (Å²) in [6, 6.07) is 3.97. The maximum absolute atomic E-state index is 13.0. The van der Waals surface area contributed by atoms with Crippen LogP contribution in [-0.4, -0.2) is 43.3 Å². The molecule has 0 radical (unpaired) electrons. The Hall–Kier alpha value is -2.15. The van der Waals surface area contributed by atoms with Gasteiger partial charge in [-0.1, -0.05) is 11.6 Å². The summed E-state index contributed by atoms with van der Waals surface area (Å²) in [5.74, 6) is -0.522. The van der Waals surface area contributed by atoms with Crippen LogP contribution in [0, 0.1) is 0 Å². The van der Waals surface area contributed by atoms with Crippen molar-refractivity contribution in [1.29, 1.82) is 0 Å². The molecule has 2 aliphatic rings. The van der Waals surface area contributed by atoms with Gasteiger partial charge in [-0.2, -0.15) is 0 Å². The van der Waals surface area contributed by atoms with Gasteiger partial charge in [-0.3, -0.25) is 4.79 Å². The maximum atomic E-state index is 13.0. The molecule has 2 heterocycles. The number of benzene rings is 1. The molecule has 0 bridgehead atoms. The van der Waals surface area contributed by atoms with Gasteiger partial charge < -0.3 is 19.7 Å². The van der Waals surface area contributed by atoms with Crippen LogP contribution >= 0.6 is 0 Å². The number of likely N-dealkylation sites (N-methyl/N-ethyl adjacent to an activating group) is 1. The fourth-order valence-corrected chi connectivity index (χ4v) is 2.97. The molecule has 1 unspecified atom stereocenters. The van der Waals surface area contributed by atoms with Gasteiger partial charge in [0.2, 0.25) is 0 Å². The summed E-state index contributed by atoms with van der Waals surface area (Å²) in [5, 5.41) is 2.89. The van der Waals surface area contributed by atoms with Crippen LogP contribution < -0.4 is 14.8 Å². The number of carbonyl (C=O) groups excluding carboxylic acids is 1. The Labute approximate surface area is 139 Å². The minimum atomic E-state index is -3.68. The molecule has 0 saturated carbocycles. The first-order valence-corrected chi connectivity index (χ1v) is 7.89. The first-order valence-electron chi connectivity index (χ1n) is 7.89. The lowest BCUT2D eigenvalue weighted by Gasteiger charge is -2.25. The fraction of sp³-hybridized carbons (Fsp3) is 0.471. The molecule has 1 aromatic carbocycles. The van der Waals surface area contributed by atoms with E-state index in [1.165, 1.54) is 23.8 Å². The van der Waals surface area contributed by atoms with Crippen molar-refractivity contribution in [2.45, 2.75) is 32.1 Å². The van der Waals surface area contributed by atoms with E-state index in [1.807, 2.05) is 6.92 Å². The first-order chi connectivity index (χ1) is 11.3. The van der Waals surface area contributed by atoms with Crippen LogP contribution in [0.15, 0.2) is 29.8 Å². The SMILES string of the molecule is CC(CC1=CCCN(C)C1)NC(=O)c1ccc2c(c1)OC(F)(F)O2. The van der Waals surface area contributed by atoms with Crippen molar-refractivity contribution < 1.29 is 23.0 Å². The number of ether oxygens (including phenoxy) is 2. The number of carbonyl (C=O) groups is 1. The van der Waals surface area contributed by atoms with Crippen LogP contribution in [0.5, 0.6) is 11.5 Å². The molecule has 0 fully saturated rings. The van der Waals surface area contributed by atoms with Gasteiger partial charge in [-0.05, 0) is 45.0 Å². The zero-order valence-corrected chi connectivity index (χ0v) is 13.6. The molecule has 7 heteroatoms. The smallest absolute Gasteiger partial charge is 0.395 e. The monoisotopic (exact) mass is 338 g/mol. The summed E-state index contributed by atoms with van der Waals surface area (Å²) in [6.45, 7) is 3.87. The molecular formula is C17H20F2N2O3. The van der Waals surface area contributed by atoms with Crippen LogP contribution in [0.1, 0.15) is 30.1 Å². The second-order valence-corrected chi connectivity index (χ2v) is 6.30. The van der Waals surface area contributed by atoms with Crippen LogP contribution in [0.2, 0.25) is 0 Å². The van der Waals surface area contributed by atoms with E-state index in [-0.39, 0.29) is 29.0 Å². The number of rotatable bonds is 4. The highest BCUT2D eigenvalue weighted by atomic mass is 19.3. The van der Waals surface area contributed by atoms with E-state index in [0.29, 0.717) is 0 Å². The largest absolute Gasteiger partial charge is 0.586 e. The number of amides is 1. The minimum Gasteiger partial charge on any atom is -0.395 e. The molecule has 1 aromatic rings. The highest BCUT2D eigenvalue weighted by Crippen LogP contribution is 2.41. The number of hydrogen-bond acceptors (Lipinski definition) is 4. The van der Waals surface area contributed by atoms with Gasteiger partial charge in [-0.25, -0.2) is 0 Å². The van der Waals surface area contributed by atoms with Gasteiger partial charge in [-0.15, -0.1) is 8.78 Å². The normalized spacial score (nSPS) is 20.4. The van der Waals surface area contributed by atoms with Crippen LogP contribution in [0.25, 0.3) is 0 Å². The Morgan fingerprint density at radius 3 is 2.88 bits per heavy atom. The average molecular weight is 338 g/mol. The Balaban J connectivity index is 1.60. The zero-order chi connectivity index (χ0) is 17.3. The second-order valence-electron chi connectivity index (χ2n) is 6.30. The van der Waals surface area contributed by atoms with Gasteiger partial charge >= 0.3 is 6.29 Å². The highest BCUT2D eigenvalue weighted by Gasteiger charge is 2.43. The summed E-state index contributed by atoms with van der Waals surface area (Å²) in [4.78, 5) is 14.5. The van der Waals surface area contributed by atoms with Gasteiger partial charge in [0.15, 0.2) is 11.5 Å². The number of hydrogen-bond donors (Lipinski definition) is 1. The van der Waals surface area contributed by atoms with Gasteiger partial charge in [0.1, 0.15) is 0 Å². The lowest BCUT2D eigenvalue weighted by molar-refractivity contribution is -0.286. The quantitative estimate of drug-likeness (QED) is 0.858. The maximum Gasteiger partial charge on any atom is 0.586 e. The van der Waals surface area contributed by atoms with Gasteiger partial charge in [0.05, 0.1) is 0 Å². The molecule has 0 saturated heterocycles. The molecule has 0 aromatic heterocycles. The fourth-order valence-electron chi connectivity index (χ4n) is 2.97. The predicted octanol–water partition coefficient (Wildman–Crippen LogP) is 2.78. The predicted molar refractivity (Wildman–Crippen MR) is 84.4 cm³/mol. The summed E-state index contributed by atoms with van der Waals surface area (Å²) in [5.41, 5.74) is 1.55. The van der Waals surface area contributed by atoms with E-state index in [9.17, 15) is 13.6 Å². The summed E-state index contributed by atoms with van der Waals surface area (Å²) in [7, 11) is 2.07. The summed E-state index contributed by atoms with van der Waals surface area (Å²) < 4.78 is 34.7. The molecule has 0 aliphatic carbocycles. The van der Waals surface area contributed by atoms with Crippen molar-refractivity contribution in [1.82, 2.24) is 10.2 Å². The Bertz CT molecular complexity index is 676. The topological polar surface area (TPSA) is 50.8 Å². The molecule has 2 aliphatic heterocycles. The Morgan fingerprint density at radius 1 is 1.38 bits per heavy atom. The Morgan fingerprint density at radius 2 is 2.12 bits per heavy atom. The number of halogens is 2. The van der Waals surface area contributed by atoms with Crippen LogP contribution in [-0.2, 0) is 0 Å². The minimum absolute atomic E-state index is 0.0536. The highest BCUT2D eigenvalue weighted by molar-refractivity contribution is 5.95. The zero-order valence-electron chi connectivity index (χ0n) is 13.6. The van der Waals surface area contributed by atoms with E-state index in [2.05, 4.69) is 32.8 Å². The number of nitrogens with zero attached hydrogens (tertiary/aromatic N) is 1. The number of alkyl halides is 2. The van der Waals surface area contributed by atoms with Crippen molar-refractivity contribution in [2.24, 2.45) is 0 Å². The molecule has 24 heavy (non-hydrogen) atoms. The molecular weight excluding hydrogens is 318 g/mol. The lowest BCUT2D eigenvalue weighted by atomic mass is 10.0. The van der Waals surface area contributed by atoms with E-state index in [1.54, 1.807) is 0 Å².